The van der Waals surface area contributed by atoms with Gasteiger partial charge in [-0.3, -0.25) is 4.79 Å². The molecule has 1 aliphatic rings. The zero-order chi connectivity index (χ0) is 26.2. The first-order valence-electron chi connectivity index (χ1n) is 12.5. The van der Waals surface area contributed by atoms with E-state index in [4.69, 9.17) is 26.1 Å². The monoisotopic (exact) mass is 540 g/mol. The molecule has 37 heavy (non-hydrogen) atoms. The van der Waals surface area contributed by atoms with E-state index in [1.807, 2.05) is 48.5 Å². The maximum atomic E-state index is 12.8. The first-order valence-corrected chi connectivity index (χ1v) is 13.8. The molecule has 1 N–H and O–H groups in total. The largest absolute Gasteiger partial charge is 0.493 e. The second-order valence-electron chi connectivity index (χ2n) is 9.19. The highest BCUT2D eigenvalue weighted by molar-refractivity contribution is 7.98. The summed E-state index contributed by atoms with van der Waals surface area (Å²) in [7, 11) is 3.22. The summed E-state index contributed by atoms with van der Waals surface area (Å²) in [4.78, 5) is 24.2. The number of methoxy groups -OCH3 is 2. The number of benzene rings is 2. The Morgan fingerprint density at radius 1 is 1.05 bits per heavy atom. The lowest BCUT2D eigenvalue weighted by molar-refractivity contribution is 0.0954. The molecule has 0 radical (unpaired) electrons. The fourth-order valence-electron chi connectivity index (χ4n) is 4.26. The van der Waals surface area contributed by atoms with Crippen LogP contribution in [0, 0.1) is 5.92 Å². The summed E-state index contributed by atoms with van der Waals surface area (Å²) in [5.41, 5.74) is 2.71. The lowest BCUT2D eigenvalue weighted by atomic mass is 9.99. The number of hydrogen-bond acceptors (Lipinski definition) is 7. The minimum Gasteiger partial charge on any atom is -0.493 e. The van der Waals surface area contributed by atoms with Gasteiger partial charge in [0.05, 0.1) is 14.2 Å². The van der Waals surface area contributed by atoms with Gasteiger partial charge in [0, 0.05) is 37.0 Å². The summed E-state index contributed by atoms with van der Waals surface area (Å²) in [5.74, 6) is 3.54. The third-order valence-electron chi connectivity index (χ3n) is 6.47. The minimum atomic E-state index is -0.104. The average Bonchev–Trinajstić information content (AvgIpc) is 2.92. The highest BCUT2D eigenvalue weighted by atomic mass is 35.5. The number of piperidine rings is 1. The molecule has 4 rings (SSSR count). The maximum Gasteiger partial charge on any atom is 0.251 e. The number of carbonyl (C=O) groups excluding carboxylic acids is 1. The topological polar surface area (TPSA) is 76.6 Å². The predicted octanol–water partition coefficient (Wildman–Crippen LogP) is 5.65. The Hall–Kier alpha value is -2.97. The van der Waals surface area contributed by atoms with Gasteiger partial charge in [0.1, 0.15) is 11.0 Å². The molecule has 1 amide bonds. The second kappa shape index (κ2) is 13.0. The molecular formula is C28H33ClN4O3S. The number of halogens is 1. The van der Waals surface area contributed by atoms with Crippen molar-refractivity contribution in [3.63, 3.8) is 0 Å². The molecule has 0 aliphatic carbocycles. The molecule has 196 valence electrons. The normalized spacial score (nSPS) is 13.9. The number of anilines is 1. The van der Waals surface area contributed by atoms with Crippen molar-refractivity contribution in [2.45, 2.75) is 37.1 Å². The lowest BCUT2D eigenvalue weighted by Gasteiger charge is -2.31. The van der Waals surface area contributed by atoms with Crippen LogP contribution >= 0.6 is 23.4 Å². The maximum absolute atomic E-state index is 12.8. The molecule has 2 aromatic carbocycles. The molecular weight excluding hydrogens is 508 g/mol. The highest BCUT2D eigenvalue weighted by Gasteiger charge is 2.18. The minimum absolute atomic E-state index is 0.104. The smallest absolute Gasteiger partial charge is 0.251 e. The van der Waals surface area contributed by atoms with Gasteiger partial charge >= 0.3 is 0 Å². The summed E-state index contributed by atoms with van der Waals surface area (Å²) in [6, 6.07) is 15.3. The van der Waals surface area contributed by atoms with Crippen LogP contribution in [0.4, 0.5) is 5.82 Å². The first-order chi connectivity index (χ1) is 17.9. The Morgan fingerprint density at radius 2 is 1.84 bits per heavy atom. The summed E-state index contributed by atoms with van der Waals surface area (Å²) >= 11 is 7.84. The molecule has 3 aromatic rings. The Kier molecular flexibility index (Phi) is 9.52. The Labute approximate surface area is 227 Å². The number of hydrogen-bond donors (Lipinski definition) is 1. The van der Waals surface area contributed by atoms with Gasteiger partial charge < -0.3 is 19.7 Å². The summed E-state index contributed by atoms with van der Waals surface area (Å²) in [6.45, 7) is 4.78. The number of amides is 1. The van der Waals surface area contributed by atoms with Crippen LogP contribution in [0.3, 0.4) is 0 Å². The van der Waals surface area contributed by atoms with E-state index in [2.05, 4.69) is 22.1 Å². The van der Waals surface area contributed by atoms with E-state index in [1.165, 1.54) is 11.8 Å². The van der Waals surface area contributed by atoms with Crippen molar-refractivity contribution in [1.29, 1.82) is 0 Å². The van der Waals surface area contributed by atoms with Gasteiger partial charge in [0.2, 0.25) is 0 Å². The van der Waals surface area contributed by atoms with Crippen LogP contribution in [-0.4, -0.2) is 49.7 Å². The molecule has 0 atom stereocenters. The summed E-state index contributed by atoms with van der Waals surface area (Å²) < 4.78 is 10.6. The van der Waals surface area contributed by atoms with Crippen LogP contribution in [0.1, 0.15) is 41.3 Å². The number of nitrogens with one attached hydrogen (secondary N) is 1. The Morgan fingerprint density at radius 3 is 2.59 bits per heavy atom. The molecule has 0 saturated carbocycles. The van der Waals surface area contributed by atoms with Crippen molar-refractivity contribution in [3.05, 3.63) is 70.4 Å². The quantitative estimate of drug-likeness (QED) is 0.202. The fraction of sp³-hybridized carbons (Fsp3) is 0.393. The van der Waals surface area contributed by atoms with Gasteiger partial charge in [-0.25, -0.2) is 9.97 Å². The van der Waals surface area contributed by atoms with Crippen LogP contribution < -0.4 is 19.7 Å². The zero-order valence-corrected chi connectivity index (χ0v) is 23.1. The van der Waals surface area contributed by atoms with Crippen molar-refractivity contribution in [2.24, 2.45) is 5.92 Å². The van der Waals surface area contributed by atoms with Crippen molar-refractivity contribution >= 4 is 35.1 Å². The van der Waals surface area contributed by atoms with E-state index in [0.29, 0.717) is 46.1 Å². The molecule has 0 bridgehead atoms. The predicted molar refractivity (Wildman–Crippen MR) is 149 cm³/mol. The molecule has 1 saturated heterocycles. The molecule has 0 spiro atoms. The number of thioether (sulfide) groups is 1. The highest BCUT2D eigenvalue weighted by Crippen LogP contribution is 2.28. The van der Waals surface area contributed by atoms with Gasteiger partial charge in [0.15, 0.2) is 16.7 Å². The van der Waals surface area contributed by atoms with Gasteiger partial charge in [-0.2, -0.15) is 0 Å². The standard InChI is InChI=1S/C28H33ClN4O3S/c1-19-10-13-33(14-11-19)26-17-25(29)31-28(32-26)37-18-21-5-4-6-22(15-21)27(34)30-12-9-20-7-8-23(35-2)24(16-20)36-3/h4-8,15-17,19H,9-14,18H2,1-3H3,(H,30,34). The Balaban J connectivity index is 1.32. The summed E-state index contributed by atoms with van der Waals surface area (Å²) in [5, 5.41) is 4.10. The third-order valence-corrected chi connectivity index (χ3v) is 7.58. The summed E-state index contributed by atoms with van der Waals surface area (Å²) in [6.07, 6.45) is 3.01. The van der Waals surface area contributed by atoms with E-state index in [1.54, 1.807) is 14.2 Å². The molecule has 1 fully saturated rings. The van der Waals surface area contributed by atoms with Crippen molar-refractivity contribution in [3.8, 4) is 11.5 Å². The number of rotatable bonds is 10. The molecule has 0 unspecified atom stereocenters. The lowest BCUT2D eigenvalue weighted by Crippen LogP contribution is -2.33. The molecule has 9 heteroatoms. The second-order valence-corrected chi connectivity index (χ2v) is 10.5. The van der Waals surface area contributed by atoms with E-state index in [-0.39, 0.29) is 5.91 Å². The van der Waals surface area contributed by atoms with Crippen molar-refractivity contribution in [1.82, 2.24) is 15.3 Å². The van der Waals surface area contributed by atoms with Gasteiger partial charge in [-0.1, -0.05) is 48.5 Å². The fourth-order valence-corrected chi connectivity index (χ4v) is 5.28. The van der Waals surface area contributed by atoms with Crippen LogP contribution in [0.25, 0.3) is 0 Å². The van der Waals surface area contributed by atoms with Crippen molar-refractivity contribution in [2.75, 3.05) is 38.8 Å². The van der Waals surface area contributed by atoms with Crippen molar-refractivity contribution < 1.29 is 14.3 Å². The van der Waals surface area contributed by atoms with E-state index < -0.39 is 0 Å². The molecule has 1 aliphatic heterocycles. The first kappa shape index (κ1) is 27.1. The number of ether oxygens (including phenoxy) is 2. The van der Waals surface area contributed by atoms with Crippen LogP contribution in [-0.2, 0) is 12.2 Å². The molecule has 2 heterocycles. The van der Waals surface area contributed by atoms with E-state index in [0.717, 1.165) is 48.8 Å². The third kappa shape index (κ3) is 7.52. The Bertz CT molecular complexity index is 1220. The van der Waals surface area contributed by atoms with Gasteiger partial charge in [-0.15, -0.1) is 0 Å². The van der Waals surface area contributed by atoms with Crippen LogP contribution in [0.15, 0.2) is 53.7 Å². The van der Waals surface area contributed by atoms with E-state index in [9.17, 15) is 4.79 Å². The molecule has 1 aromatic heterocycles. The van der Waals surface area contributed by atoms with Crippen LogP contribution in [0.5, 0.6) is 11.5 Å². The number of nitrogens with zero attached hydrogens (tertiary/aromatic N) is 3. The number of carbonyl (C=O) groups is 1. The van der Waals surface area contributed by atoms with E-state index >= 15 is 0 Å². The zero-order valence-electron chi connectivity index (χ0n) is 21.5. The van der Waals surface area contributed by atoms with Gasteiger partial charge in [-0.05, 0) is 60.6 Å². The average molecular weight is 541 g/mol. The molecule has 7 nitrogen and oxygen atoms in total. The van der Waals surface area contributed by atoms with Gasteiger partial charge in [0.25, 0.3) is 5.91 Å². The number of aromatic nitrogens is 2. The van der Waals surface area contributed by atoms with Crippen LogP contribution in [0.2, 0.25) is 5.15 Å². The SMILES string of the molecule is COc1ccc(CCNC(=O)c2cccc(CSc3nc(Cl)cc(N4CCC(C)CC4)n3)c2)cc1OC.